The van der Waals surface area contributed by atoms with Crippen molar-refractivity contribution < 1.29 is 0 Å². The first-order valence-corrected chi connectivity index (χ1v) is 4.73. The van der Waals surface area contributed by atoms with E-state index in [0.717, 1.165) is 11.1 Å². The van der Waals surface area contributed by atoms with E-state index in [1.807, 2.05) is 0 Å². The topological polar surface area (TPSA) is 54.5 Å². The lowest BCUT2D eigenvalue weighted by atomic mass is 9.91. The van der Waals surface area contributed by atoms with Gasteiger partial charge < -0.3 is 0 Å². The number of hydrogen-bond donors (Lipinski definition) is 1. The molecule has 0 saturated heterocycles. The number of nitrogens with zero attached hydrogens (tertiary/aromatic N) is 3. The van der Waals surface area contributed by atoms with Crippen molar-refractivity contribution >= 4 is 22.6 Å². The molecule has 0 bridgehead atoms. The molecule has 0 atom stereocenters. The molecule has 0 amide bonds. The third-order valence-electron chi connectivity index (χ3n) is 2.03. The van der Waals surface area contributed by atoms with Crippen molar-refractivity contribution in [3.63, 3.8) is 0 Å². The van der Waals surface area contributed by atoms with Crippen LogP contribution in [0, 0.1) is 0 Å². The number of H-pyrrole nitrogens is 1. The zero-order valence-electron chi connectivity index (χ0n) is 8.30. The van der Waals surface area contributed by atoms with Crippen molar-refractivity contribution in [3.8, 4) is 0 Å². The molecule has 2 heterocycles. The summed E-state index contributed by atoms with van der Waals surface area (Å²) in [5, 5.41) is 8.21. The molecule has 74 valence electrons. The summed E-state index contributed by atoms with van der Waals surface area (Å²) in [6, 6.07) is 0. The van der Waals surface area contributed by atoms with Gasteiger partial charge in [0.05, 0.1) is 11.1 Å². The van der Waals surface area contributed by atoms with Gasteiger partial charge in [0.2, 0.25) is 5.28 Å². The number of aromatic nitrogens is 4. The molecule has 0 aliphatic rings. The Morgan fingerprint density at radius 2 is 2.07 bits per heavy atom. The van der Waals surface area contributed by atoms with Crippen LogP contribution in [-0.2, 0) is 5.41 Å². The second kappa shape index (κ2) is 2.92. The van der Waals surface area contributed by atoms with Crippen LogP contribution >= 0.6 is 11.6 Å². The molecule has 0 radical (unpaired) electrons. The predicted molar refractivity (Wildman–Crippen MR) is 55.4 cm³/mol. The molecule has 5 heteroatoms. The largest absolute Gasteiger partial charge is 0.279 e. The number of halogens is 1. The maximum Gasteiger partial charge on any atom is 0.224 e. The fourth-order valence-corrected chi connectivity index (χ4v) is 1.48. The van der Waals surface area contributed by atoms with Gasteiger partial charge in [0.25, 0.3) is 0 Å². The standard InChI is InChI=1S/C9H11ClN4/c1-9(2,3)6-5-4-11-8(10)12-7(5)14-13-6/h4H,1-3H3,(H,11,12,13,14). The number of nitrogens with one attached hydrogen (secondary N) is 1. The Hall–Kier alpha value is -1.16. The number of hydrogen-bond acceptors (Lipinski definition) is 3. The monoisotopic (exact) mass is 210 g/mol. The fraction of sp³-hybridized carbons (Fsp3) is 0.444. The lowest BCUT2D eigenvalue weighted by Crippen LogP contribution is -2.12. The average Bonchev–Trinajstić information content (AvgIpc) is 2.45. The van der Waals surface area contributed by atoms with Gasteiger partial charge in [-0.15, -0.1) is 0 Å². The molecular formula is C9H11ClN4. The van der Waals surface area contributed by atoms with E-state index in [-0.39, 0.29) is 10.7 Å². The Morgan fingerprint density at radius 3 is 2.71 bits per heavy atom. The lowest BCUT2D eigenvalue weighted by molar-refractivity contribution is 0.571. The second-order valence-electron chi connectivity index (χ2n) is 4.22. The van der Waals surface area contributed by atoms with E-state index < -0.39 is 0 Å². The van der Waals surface area contributed by atoms with Crippen LogP contribution in [-0.4, -0.2) is 20.2 Å². The van der Waals surface area contributed by atoms with Gasteiger partial charge in [0.1, 0.15) is 0 Å². The molecule has 1 N–H and O–H groups in total. The normalized spacial score (nSPS) is 12.3. The minimum absolute atomic E-state index is 0.00589. The molecule has 4 nitrogen and oxygen atoms in total. The summed E-state index contributed by atoms with van der Waals surface area (Å²) >= 11 is 5.67. The Bertz CT molecular complexity index is 469. The van der Waals surface area contributed by atoms with Gasteiger partial charge in [0.15, 0.2) is 5.65 Å². The molecule has 0 aliphatic heterocycles. The molecule has 2 aromatic rings. The van der Waals surface area contributed by atoms with Gasteiger partial charge in [-0.25, -0.2) is 4.98 Å². The van der Waals surface area contributed by atoms with Crippen LogP contribution in [0.15, 0.2) is 6.20 Å². The van der Waals surface area contributed by atoms with Crippen molar-refractivity contribution in [1.29, 1.82) is 0 Å². The van der Waals surface area contributed by atoms with Crippen molar-refractivity contribution in [2.24, 2.45) is 0 Å². The summed E-state index contributed by atoms with van der Waals surface area (Å²) in [4.78, 5) is 7.97. The maximum absolute atomic E-state index is 5.67. The quantitative estimate of drug-likeness (QED) is 0.679. The second-order valence-corrected chi connectivity index (χ2v) is 4.56. The number of aromatic amines is 1. The van der Waals surface area contributed by atoms with Crippen LogP contribution < -0.4 is 0 Å². The number of rotatable bonds is 0. The first-order chi connectivity index (χ1) is 6.48. The molecule has 0 saturated carbocycles. The highest BCUT2D eigenvalue weighted by Gasteiger charge is 2.20. The van der Waals surface area contributed by atoms with Crippen molar-refractivity contribution in [2.45, 2.75) is 26.2 Å². The summed E-state index contributed by atoms with van der Waals surface area (Å²) in [5.74, 6) is 0. The van der Waals surface area contributed by atoms with E-state index in [1.54, 1.807) is 6.20 Å². The van der Waals surface area contributed by atoms with Crippen LogP contribution in [0.1, 0.15) is 26.5 Å². The minimum atomic E-state index is 0.00589. The molecule has 14 heavy (non-hydrogen) atoms. The van der Waals surface area contributed by atoms with Gasteiger partial charge >= 0.3 is 0 Å². The highest BCUT2D eigenvalue weighted by atomic mass is 35.5. The summed E-state index contributed by atoms with van der Waals surface area (Å²) in [7, 11) is 0. The maximum atomic E-state index is 5.67. The molecule has 0 fully saturated rings. The highest BCUT2D eigenvalue weighted by Crippen LogP contribution is 2.26. The van der Waals surface area contributed by atoms with Crippen LogP contribution in [0.4, 0.5) is 0 Å². The zero-order valence-corrected chi connectivity index (χ0v) is 9.05. The summed E-state index contributed by atoms with van der Waals surface area (Å²) in [6.07, 6.45) is 1.70. The third-order valence-corrected chi connectivity index (χ3v) is 2.21. The van der Waals surface area contributed by atoms with Crippen LogP contribution in [0.25, 0.3) is 11.0 Å². The van der Waals surface area contributed by atoms with E-state index in [9.17, 15) is 0 Å². The van der Waals surface area contributed by atoms with Gasteiger partial charge in [-0.05, 0) is 11.6 Å². The van der Waals surface area contributed by atoms with Crippen LogP contribution in [0.5, 0.6) is 0 Å². The Labute approximate surface area is 86.7 Å². The van der Waals surface area contributed by atoms with E-state index in [0.29, 0.717) is 5.65 Å². The SMILES string of the molecule is CC(C)(C)c1[nH]nc2nc(Cl)ncc12. The van der Waals surface area contributed by atoms with Gasteiger partial charge in [-0.1, -0.05) is 20.8 Å². The molecule has 0 aliphatic carbocycles. The molecule has 2 aromatic heterocycles. The first-order valence-electron chi connectivity index (χ1n) is 4.35. The minimum Gasteiger partial charge on any atom is -0.279 e. The highest BCUT2D eigenvalue weighted by molar-refractivity contribution is 6.28. The fourth-order valence-electron chi connectivity index (χ4n) is 1.35. The van der Waals surface area contributed by atoms with E-state index >= 15 is 0 Å². The summed E-state index contributed by atoms with van der Waals surface area (Å²) in [6.45, 7) is 6.32. The predicted octanol–water partition coefficient (Wildman–Crippen LogP) is 2.30. The van der Waals surface area contributed by atoms with E-state index in [1.165, 1.54) is 0 Å². The van der Waals surface area contributed by atoms with Crippen LogP contribution in [0.3, 0.4) is 0 Å². The molecule has 0 aromatic carbocycles. The number of fused-ring (bicyclic) bond motifs is 1. The Kier molecular flexibility index (Phi) is 1.96. The smallest absolute Gasteiger partial charge is 0.224 e. The van der Waals surface area contributed by atoms with Gasteiger partial charge in [0, 0.05) is 11.6 Å². The summed E-state index contributed by atoms with van der Waals surface area (Å²) in [5.41, 5.74) is 1.66. The van der Waals surface area contributed by atoms with Gasteiger partial charge in [-0.3, -0.25) is 5.10 Å². The van der Waals surface area contributed by atoms with Crippen molar-refractivity contribution in [3.05, 3.63) is 17.2 Å². The zero-order chi connectivity index (χ0) is 10.3. The van der Waals surface area contributed by atoms with E-state index in [2.05, 4.69) is 40.9 Å². The third kappa shape index (κ3) is 1.46. The summed E-state index contributed by atoms with van der Waals surface area (Å²) < 4.78 is 0. The molecule has 0 spiro atoms. The van der Waals surface area contributed by atoms with Gasteiger partial charge in [-0.2, -0.15) is 10.1 Å². The molecule has 2 rings (SSSR count). The molecule has 0 unspecified atom stereocenters. The Morgan fingerprint density at radius 1 is 1.36 bits per heavy atom. The van der Waals surface area contributed by atoms with Crippen molar-refractivity contribution in [1.82, 2.24) is 20.2 Å². The molecular weight excluding hydrogens is 200 g/mol. The average molecular weight is 211 g/mol. The van der Waals surface area contributed by atoms with Crippen molar-refractivity contribution in [2.75, 3.05) is 0 Å². The van der Waals surface area contributed by atoms with E-state index in [4.69, 9.17) is 11.6 Å². The lowest BCUT2D eigenvalue weighted by Gasteiger charge is -2.15. The Balaban J connectivity index is 2.70. The first kappa shape index (κ1) is 9.40. The van der Waals surface area contributed by atoms with Crippen LogP contribution in [0.2, 0.25) is 5.28 Å².